The summed E-state index contributed by atoms with van der Waals surface area (Å²) in [6.07, 6.45) is 5.07. The maximum Gasteiger partial charge on any atom is 1.00 e. The summed E-state index contributed by atoms with van der Waals surface area (Å²) < 4.78 is 0. The largest absolute Gasteiger partial charge is 1.00 e. The minimum Gasteiger partial charge on any atom is -0.550 e. The average molecular weight is 160 g/mol. The Morgan fingerprint density at radius 1 is 1.64 bits per heavy atom. The fourth-order valence-electron chi connectivity index (χ4n) is 2.00. The molecule has 3 heteroatoms. The molecule has 0 amide bonds. The number of rotatable bonds is 1. The number of carboxylic acids is 1. The van der Waals surface area contributed by atoms with Gasteiger partial charge in [0.25, 0.3) is 0 Å². The molecule has 2 nitrogen and oxygen atoms in total. The van der Waals surface area contributed by atoms with Gasteiger partial charge in [0.1, 0.15) is 0 Å². The molecule has 2 unspecified atom stereocenters. The summed E-state index contributed by atoms with van der Waals surface area (Å²) in [5.74, 6) is -0.565. The zero-order valence-electron chi connectivity index (χ0n) is 6.67. The van der Waals surface area contributed by atoms with Crippen LogP contribution in [0.4, 0.5) is 0 Å². The van der Waals surface area contributed by atoms with Crippen LogP contribution in [0.5, 0.6) is 0 Å². The first kappa shape index (κ1) is 9.30. The summed E-state index contributed by atoms with van der Waals surface area (Å²) in [6.45, 7) is 0. The maximum absolute atomic E-state index is 10.4. The number of allylic oxidation sites excluding steroid dienone is 1. The van der Waals surface area contributed by atoms with Crippen molar-refractivity contribution in [2.45, 2.75) is 19.3 Å². The van der Waals surface area contributed by atoms with Crippen molar-refractivity contribution in [2.24, 2.45) is 11.8 Å². The van der Waals surface area contributed by atoms with Crippen molar-refractivity contribution in [1.29, 1.82) is 0 Å². The minimum atomic E-state index is -0.881. The zero-order chi connectivity index (χ0) is 7.14. The van der Waals surface area contributed by atoms with Crippen LogP contribution in [0.2, 0.25) is 0 Å². The van der Waals surface area contributed by atoms with E-state index in [-0.39, 0.29) is 35.5 Å². The molecule has 0 radical (unpaired) electrons. The molecule has 0 aromatic carbocycles. The molecule has 2 aliphatic rings. The second-order valence-electron chi connectivity index (χ2n) is 3.15. The van der Waals surface area contributed by atoms with E-state index < -0.39 is 5.97 Å². The smallest absolute Gasteiger partial charge is 0.550 e. The normalized spacial score (nSPS) is 32.9. The van der Waals surface area contributed by atoms with Crippen LogP contribution < -0.4 is 34.7 Å². The molecule has 2 bridgehead atoms. The molecule has 0 fully saturated rings. The van der Waals surface area contributed by atoms with E-state index in [2.05, 4.69) is 6.08 Å². The average Bonchev–Trinajstić information content (AvgIpc) is 2.44. The van der Waals surface area contributed by atoms with Crippen LogP contribution in [0.3, 0.4) is 0 Å². The zero-order valence-corrected chi connectivity index (χ0v) is 8.67. The van der Waals surface area contributed by atoms with E-state index in [1.807, 2.05) is 0 Å². The summed E-state index contributed by atoms with van der Waals surface area (Å²) >= 11 is 0. The van der Waals surface area contributed by atoms with Crippen molar-refractivity contribution >= 4 is 5.97 Å². The van der Waals surface area contributed by atoms with Gasteiger partial charge in [0, 0.05) is 11.9 Å². The molecule has 0 spiro atoms. The third-order valence-corrected chi connectivity index (χ3v) is 2.52. The van der Waals surface area contributed by atoms with Gasteiger partial charge in [0.15, 0.2) is 0 Å². The number of carboxylic acid groups (broad SMARTS) is 1. The Morgan fingerprint density at radius 3 is 2.64 bits per heavy atom. The molecule has 0 saturated carbocycles. The van der Waals surface area contributed by atoms with Gasteiger partial charge in [-0.15, -0.1) is 0 Å². The van der Waals surface area contributed by atoms with Gasteiger partial charge in [-0.2, -0.15) is 0 Å². The van der Waals surface area contributed by atoms with Gasteiger partial charge >= 0.3 is 29.6 Å². The van der Waals surface area contributed by atoms with Crippen molar-refractivity contribution < 1.29 is 39.5 Å². The first-order valence-electron chi connectivity index (χ1n) is 3.69. The van der Waals surface area contributed by atoms with Gasteiger partial charge in [-0.05, 0) is 25.2 Å². The molecule has 2 rings (SSSR count). The number of hydrogen-bond donors (Lipinski definition) is 0. The van der Waals surface area contributed by atoms with E-state index in [9.17, 15) is 9.90 Å². The standard InChI is InChI=1S/C8H10O2.Na/c9-8(10)7-4-5-1-2-6(7)3-5;/h3,5,7H,1-2,4H2,(H,9,10);/q;+1/p-1. The van der Waals surface area contributed by atoms with Crippen LogP contribution in [0.1, 0.15) is 19.3 Å². The summed E-state index contributed by atoms with van der Waals surface area (Å²) in [5.41, 5.74) is 1.12. The maximum atomic E-state index is 10.4. The molecule has 0 heterocycles. The van der Waals surface area contributed by atoms with Gasteiger partial charge in [-0.1, -0.05) is 11.6 Å². The van der Waals surface area contributed by atoms with Crippen LogP contribution in [-0.4, -0.2) is 5.97 Å². The van der Waals surface area contributed by atoms with Crippen molar-refractivity contribution in [3.63, 3.8) is 0 Å². The van der Waals surface area contributed by atoms with Crippen LogP contribution in [0.25, 0.3) is 0 Å². The number of carbonyl (C=O) groups excluding carboxylic acids is 1. The summed E-state index contributed by atoms with van der Waals surface area (Å²) in [5, 5.41) is 10.4. The van der Waals surface area contributed by atoms with E-state index >= 15 is 0 Å². The Morgan fingerprint density at radius 2 is 2.36 bits per heavy atom. The first-order chi connectivity index (χ1) is 4.77. The first-order valence-corrected chi connectivity index (χ1v) is 3.69. The Kier molecular flexibility index (Phi) is 2.79. The van der Waals surface area contributed by atoms with Gasteiger partial charge in [0.2, 0.25) is 0 Å². The predicted octanol–water partition coefficient (Wildman–Crippen LogP) is -2.90. The summed E-state index contributed by atoms with van der Waals surface area (Å²) in [4.78, 5) is 10.4. The van der Waals surface area contributed by atoms with Crippen LogP contribution in [0, 0.1) is 11.8 Å². The van der Waals surface area contributed by atoms with Gasteiger partial charge in [-0.25, -0.2) is 0 Å². The molecule has 11 heavy (non-hydrogen) atoms. The van der Waals surface area contributed by atoms with Gasteiger partial charge in [0.05, 0.1) is 0 Å². The molecule has 2 aliphatic carbocycles. The Bertz CT molecular complexity index is 210. The summed E-state index contributed by atoms with van der Waals surface area (Å²) in [7, 11) is 0. The number of aliphatic carboxylic acids is 1. The molecular formula is C8H9NaO2. The second-order valence-corrected chi connectivity index (χ2v) is 3.15. The van der Waals surface area contributed by atoms with Crippen molar-refractivity contribution in [3.05, 3.63) is 11.6 Å². The monoisotopic (exact) mass is 160 g/mol. The quantitative estimate of drug-likeness (QED) is 0.305. The molecule has 0 aromatic rings. The van der Waals surface area contributed by atoms with E-state index in [0.717, 1.165) is 18.4 Å². The summed E-state index contributed by atoms with van der Waals surface area (Å²) in [6, 6.07) is 0. The molecule has 0 aromatic heterocycles. The van der Waals surface area contributed by atoms with E-state index in [0.29, 0.717) is 5.92 Å². The van der Waals surface area contributed by atoms with E-state index in [1.54, 1.807) is 0 Å². The SMILES string of the molecule is O=C([O-])C1CC2C=C1CC2.[Na+]. The van der Waals surface area contributed by atoms with E-state index in [1.165, 1.54) is 6.42 Å². The fraction of sp³-hybridized carbons (Fsp3) is 0.625. The molecule has 0 N–H and O–H groups in total. The van der Waals surface area contributed by atoms with E-state index in [4.69, 9.17) is 0 Å². The number of carbonyl (C=O) groups is 1. The topological polar surface area (TPSA) is 40.1 Å². The van der Waals surface area contributed by atoms with Crippen LogP contribution in [-0.2, 0) is 4.79 Å². The molecule has 54 valence electrons. The van der Waals surface area contributed by atoms with Crippen LogP contribution in [0.15, 0.2) is 11.6 Å². The predicted molar refractivity (Wildman–Crippen MR) is 33.9 cm³/mol. The second kappa shape index (κ2) is 3.30. The Hall–Kier alpha value is 0.210. The van der Waals surface area contributed by atoms with Crippen molar-refractivity contribution in [3.8, 4) is 0 Å². The third-order valence-electron chi connectivity index (χ3n) is 2.52. The minimum absolute atomic E-state index is 0. The van der Waals surface area contributed by atoms with Gasteiger partial charge in [-0.3, -0.25) is 0 Å². The Labute approximate surface area is 88.0 Å². The molecule has 0 saturated heterocycles. The molecule has 2 atom stereocenters. The third kappa shape index (κ3) is 1.53. The fourth-order valence-corrected chi connectivity index (χ4v) is 2.00. The van der Waals surface area contributed by atoms with Crippen molar-refractivity contribution in [1.82, 2.24) is 0 Å². The molecule has 0 aliphatic heterocycles. The Balaban J connectivity index is 0.000000605. The van der Waals surface area contributed by atoms with Gasteiger partial charge < -0.3 is 9.90 Å². The van der Waals surface area contributed by atoms with Crippen molar-refractivity contribution in [2.75, 3.05) is 0 Å². The van der Waals surface area contributed by atoms with Crippen LogP contribution >= 0.6 is 0 Å². The molecular weight excluding hydrogens is 151 g/mol. The number of fused-ring (bicyclic) bond motifs is 1. The number of hydrogen-bond acceptors (Lipinski definition) is 2.